The van der Waals surface area contributed by atoms with Crippen molar-refractivity contribution in [3.8, 4) is 5.75 Å². The van der Waals surface area contributed by atoms with Crippen molar-refractivity contribution in [3.05, 3.63) is 28.8 Å². The third-order valence-electron chi connectivity index (χ3n) is 3.80. The predicted octanol–water partition coefficient (Wildman–Crippen LogP) is 3.29. The van der Waals surface area contributed by atoms with Crippen LogP contribution in [0, 0.1) is 0 Å². The maximum Gasteiger partial charge on any atom is 0.339 e. The van der Waals surface area contributed by atoms with Crippen LogP contribution in [0.5, 0.6) is 5.75 Å². The van der Waals surface area contributed by atoms with Crippen LogP contribution in [-0.4, -0.2) is 42.2 Å². The molecule has 1 fully saturated rings. The molecular formula is C15H20ClNO3. The van der Waals surface area contributed by atoms with Crippen molar-refractivity contribution in [3.63, 3.8) is 0 Å². The molecule has 1 atom stereocenters. The number of hydrogen-bond donors (Lipinski definition) is 1. The second-order valence-electron chi connectivity index (χ2n) is 5.21. The van der Waals surface area contributed by atoms with Gasteiger partial charge in [-0.2, -0.15) is 0 Å². The van der Waals surface area contributed by atoms with Crippen molar-refractivity contribution in [1.29, 1.82) is 0 Å². The molecule has 0 spiro atoms. The zero-order valence-corrected chi connectivity index (χ0v) is 12.4. The lowest BCUT2D eigenvalue weighted by molar-refractivity contribution is 0.0691. The quantitative estimate of drug-likeness (QED) is 0.906. The monoisotopic (exact) mass is 297 g/mol. The summed E-state index contributed by atoms with van der Waals surface area (Å²) in [6.45, 7) is 1.64. The number of aromatic carboxylic acids is 1. The Morgan fingerprint density at radius 3 is 3.00 bits per heavy atom. The topological polar surface area (TPSA) is 49.8 Å². The first-order valence-electron chi connectivity index (χ1n) is 6.94. The van der Waals surface area contributed by atoms with Gasteiger partial charge >= 0.3 is 5.97 Å². The number of likely N-dealkylation sites (tertiary alicyclic amines) is 1. The molecule has 1 saturated heterocycles. The van der Waals surface area contributed by atoms with E-state index in [1.807, 2.05) is 0 Å². The summed E-state index contributed by atoms with van der Waals surface area (Å²) in [5, 5.41) is 9.60. The second-order valence-corrected chi connectivity index (χ2v) is 5.65. The Balaban J connectivity index is 1.93. The number of nitrogens with zero attached hydrogens (tertiary/aromatic N) is 1. The minimum Gasteiger partial charge on any atom is -0.493 e. The van der Waals surface area contributed by atoms with Crippen molar-refractivity contribution >= 4 is 17.6 Å². The highest BCUT2D eigenvalue weighted by molar-refractivity contribution is 6.30. The molecule has 4 nitrogen and oxygen atoms in total. The van der Waals surface area contributed by atoms with Gasteiger partial charge in [0.05, 0.1) is 6.61 Å². The SMILES string of the molecule is CN1CCCCC1CCOc1cc(Cl)ccc1C(=O)O. The minimum atomic E-state index is -0.994. The third kappa shape index (κ3) is 3.87. The molecule has 1 aromatic carbocycles. The normalized spacial score (nSPS) is 19.8. The van der Waals surface area contributed by atoms with Crippen molar-refractivity contribution in [2.75, 3.05) is 20.2 Å². The summed E-state index contributed by atoms with van der Waals surface area (Å²) in [5.41, 5.74) is 0.159. The van der Waals surface area contributed by atoms with Gasteiger partial charge in [0.15, 0.2) is 0 Å². The Kier molecular flexibility index (Phi) is 5.26. The average Bonchev–Trinajstić information content (AvgIpc) is 2.41. The van der Waals surface area contributed by atoms with Crippen molar-refractivity contribution in [2.24, 2.45) is 0 Å². The summed E-state index contributed by atoms with van der Waals surface area (Å²) in [7, 11) is 2.13. The van der Waals surface area contributed by atoms with Crippen molar-refractivity contribution in [2.45, 2.75) is 31.7 Å². The van der Waals surface area contributed by atoms with Crippen molar-refractivity contribution < 1.29 is 14.6 Å². The fourth-order valence-corrected chi connectivity index (χ4v) is 2.77. The molecule has 0 amide bonds. The van der Waals surface area contributed by atoms with Crippen LogP contribution in [-0.2, 0) is 0 Å². The fourth-order valence-electron chi connectivity index (χ4n) is 2.61. The summed E-state index contributed by atoms with van der Waals surface area (Å²) in [5.74, 6) is -0.644. The molecule has 5 heteroatoms. The number of hydrogen-bond acceptors (Lipinski definition) is 3. The van der Waals surface area contributed by atoms with Gasteiger partial charge in [-0.25, -0.2) is 4.79 Å². The summed E-state index contributed by atoms with van der Waals surface area (Å²) in [6.07, 6.45) is 4.60. The van der Waals surface area contributed by atoms with E-state index in [1.165, 1.54) is 25.3 Å². The van der Waals surface area contributed by atoms with E-state index in [2.05, 4.69) is 11.9 Å². The van der Waals surface area contributed by atoms with Crippen LogP contribution < -0.4 is 4.74 Å². The summed E-state index contributed by atoms with van der Waals surface area (Å²) >= 11 is 5.89. The van der Waals surface area contributed by atoms with Crippen LogP contribution in [0.3, 0.4) is 0 Å². The van der Waals surface area contributed by atoms with Crippen LogP contribution in [0.1, 0.15) is 36.0 Å². The molecule has 2 rings (SSSR count). The maximum absolute atomic E-state index is 11.1. The molecule has 1 aromatic rings. The second kappa shape index (κ2) is 6.95. The first-order valence-corrected chi connectivity index (χ1v) is 7.31. The molecule has 1 heterocycles. The molecule has 1 aliphatic heterocycles. The largest absolute Gasteiger partial charge is 0.493 e. The van der Waals surface area contributed by atoms with E-state index >= 15 is 0 Å². The lowest BCUT2D eigenvalue weighted by atomic mass is 10.0. The van der Waals surface area contributed by atoms with Crippen LogP contribution in [0.15, 0.2) is 18.2 Å². The molecule has 0 aromatic heterocycles. The van der Waals surface area contributed by atoms with Gasteiger partial charge in [-0.3, -0.25) is 0 Å². The van der Waals surface area contributed by atoms with Crippen LogP contribution in [0.4, 0.5) is 0 Å². The van der Waals surface area contributed by atoms with Gasteiger partial charge in [0.25, 0.3) is 0 Å². The summed E-state index contributed by atoms with van der Waals surface area (Å²) in [6, 6.07) is 5.13. The van der Waals surface area contributed by atoms with Gasteiger partial charge in [-0.1, -0.05) is 18.0 Å². The van der Waals surface area contributed by atoms with E-state index in [1.54, 1.807) is 12.1 Å². The van der Waals surface area contributed by atoms with Gasteiger partial charge in [0, 0.05) is 11.1 Å². The Hall–Kier alpha value is -1.26. The molecule has 20 heavy (non-hydrogen) atoms. The molecule has 1 aliphatic rings. The Morgan fingerprint density at radius 2 is 2.30 bits per heavy atom. The van der Waals surface area contributed by atoms with Gasteiger partial charge < -0.3 is 14.7 Å². The van der Waals surface area contributed by atoms with Crippen LogP contribution in [0.25, 0.3) is 0 Å². The van der Waals surface area contributed by atoms with Gasteiger partial charge in [0.2, 0.25) is 0 Å². The van der Waals surface area contributed by atoms with Gasteiger partial charge in [0.1, 0.15) is 11.3 Å². The zero-order chi connectivity index (χ0) is 14.5. The van der Waals surface area contributed by atoms with E-state index in [-0.39, 0.29) is 5.56 Å². The predicted molar refractivity (Wildman–Crippen MR) is 78.8 cm³/mol. The molecule has 0 saturated carbocycles. The molecule has 0 aliphatic carbocycles. The van der Waals surface area contributed by atoms with Gasteiger partial charge in [-0.05, 0) is 51.1 Å². The average molecular weight is 298 g/mol. The zero-order valence-electron chi connectivity index (χ0n) is 11.6. The summed E-state index contributed by atoms with van der Waals surface area (Å²) < 4.78 is 5.64. The number of piperidine rings is 1. The molecule has 0 bridgehead atoms. The Bertz CT molecular complexity index is 478. The highest BCUT2D eigenvalue weighted by Crippen LogP contribution is 2.24. The van der Waals surface area contributed by atoms with Gasteiger partial charge in [-0.15, -0.1) is 0 Å². The number of benzene rings is 1. The Labute approximate surface area is 124 Å². The number of ether oxygens (including phenoxy) is 1. The third-order valence-corrected chi connectivity index (χ3v) is 4.04. The van der Waals surface area contributed by atoms with E-state index in [4.69, 9.17) is 21.4 Å². The molecule has 0 radical (unpaired) electrons. The molecule has 1 unspecified atom stereocenters. The summed E-state index contributed by atoms with van der Waals surface area (Å²) in [4.78, 5) is 13.5. The highest BCUT2D eigenvalue weighted by atomic mass is 35.5. The lowest BCUT2D eigenvalue weighted by Gasteiger charge is -2.32. The van der Waals surface area contributed by atoms with Crippen LogP contribution >= 0.6 is 11.6 Å². The molecule has 1 N–H and O–H groups in total. The van der Waals surface area contributed by atoms with E-state index < -0.39 is 5.97 Å². The number of rotatable bonds is 5. The van der Waals surface area contributed by atoms with Crippen molar-refractivity contribution in [1.82, 2.24) is 4.90 Å². The molecule has 110 valence electrons. The lowest BCUT2D eigenvalue weighted by Crippen LogP contribution is -2.37. The number of carboxylic acid groups (broad SMARTS) is 1. The van der Waals surface area contributed by atoms with E-state index in [0.717, 1.165) is 13.0 Å². The first-order chi connectivity index (χ1) is 9.58. The minimum absolute atomic E-state index is 0.159. The maximum atomic E-state index is 11.1. The van der Waals surface area contributed by atoms with E-state index in [0.29, 0.717) is 23.4 Å². The number of carbonyl (C=O) groups is 1. The number of halogens is 1. The standard InChI is InChI=1S/C15H20ClNO3/c1-17-8-3-2-4-12(17)7-9-20-14-10-11(16)5-6-13(14)15(18)19/h5-6,10,12H,2-4,7-9H2,1H3,(H,18,19). The fraction of sp³-hybridized carbons (Fsp3) is 0.533. The molecular weight excluding hydrogens is 278 g/mol. The van der Waals surface area contributed by atoms with Crippen LogP contribution in [0.2, 0.25) is 5.02 Å². The smallest absolute Gasteiger partial charge is 0.339 e. The highest BCUT2D eigenvalue weighted by Gasteiger charge is 2.19. The number of carboxylic acids is 1. The Morgan fingerprint density at radius 1 is 1.50 bits per heavy atom. The first kappa shape index (κ1) is 15.1. The van der Waals surface area contributed by atoms with E-state index in [9.17, 15) is 4.79 Å².